The quantitative estimate of drug-likeness (QED) is 0.831. The first-order valence-electron chi connectivity index (χ1n) is 6.05. The molecule has 2 N–H and O–H groups in total. The van der Waals surface area contributed by atoms with E-state index in [4.69, 9.17) is 23.2 Å². The minimum Gasteiger partial charge on any atom is -0.312 e. The largest absolute Gasteiger partial charge is 0.312 e. The molecule has 0 spiro atoms. The molecule has 1 aliphatic carbocycles. The lowest BCUT2D eigenvalue weighted by molar-refractivity contribution is 0.500. The molecule has 0 bridgehead atoms. The second kappa shape index (κ2) is 6.05. The average molecular weight is 273 g/mol. The van der Waals surface area contributed by atoms with Crippen LogP contribution in [0.4, 0.5) is 0 Å². The lowest BCUT2D eigenvalue weighted by Crippen LogP contribution is -2.36. The molecule has 1 fully saturated rings. The minimum absolute atomic E-state index is 0.452. The van der Waals surface area contributed by atoms with Gasteiger partial charge in [-0.05, 0) is 43.5 Å². The molecule has 0 aromatic heterocycles. The predicted molar refractivity (Wildman–Crippen MR) is 73.8 cm³/mol. The highest BCUT2D eigenvalue weighted by Crippen LogP contribution is 2.19. The van der Waals surface area contributed by atoms with Crippen LogP contribution >= 0.6 is 23.2 Å². The topological polar surface area (TPSA) is 24.1 Å². The zero-order valence-corrected chi connectivity index (χ0v) is 11.5. The van der Waals surface area contributed by atoms with Crippen LogP contribution in [0.5, 0.6) is 0 Å². The molecule has 0 aliphatic heterocycles. The van der Waals surface area contributed by atoms with E-state index in [-0.39, 0.29) is 0 Å². The zero-order valence-electron chi connectivity index (χ0n) is 9.97. The third-order valence-corrected chi connectivity index (χ3v) is 3.30. The number of hydrogen-bond acceptors (Lipinski definition) is 2. The van der Waals surface area contributed by atoms with Gasteiger partial charge >= 0.3 is 0 Å². The summed E-state index contributed by atoms with van der Waals surface area (Å²) in [5.74, 6) is 0. The summed E-state index contributed by atoms with van der Waals surface area (Å²) in [6.07, 6.45) is 2.66. The third kappa shape index (κ3) is 4.84. The molecular formula is C13H18Cl2N2. The van der Waals surface area contributed by atoms with E-state index in [0.29, 0.717) is 16.1 Å². The normalized spacial score (nSPS) is 17.1. The molecule has 2 rings (SSSR count). The highest BCUT2D eigenvalue weighted by atomic mass is 35.5. The molecule has 1 atom stereocenters. The number of nitrogens with one attached hydrogen (secondary N) is 2. The highest BCUT2D eigenvalue weighted by molar-refractivity contribution is 6.34. The van der Waals surface area contributed by atoms with Crippen molar-refractivity contribution in [1.82, 2.24) is 10.6 Å². The summed E-state index contributed by atoms with van der Waals surface area (Å²) in [5.41, 5.74) is 1.13. The first kappa shape index (κ1) is 13.2. The summed E-state index contributed by atoms with van der Waals surface area (Å²) in [5, 5.41) is 8.34. The van der Waals surface area contributed by atoms with E-state index in [1.54, 1.807) is 6.07 Å². The maximum Gasteiger partial charge on any atom is 0.0424 e. The van der Waals surface area contributed by atoms with Crippen LogP contribution < -0.4 is 10.6 Å². The van der Waals surface area contributed by atoms with Gasteiger partial charge in [0.15, 0.2) is 0 Å². The molecule has 1 aromatic rings. The molecule has 17 heavy (non-hydrogen) atoms. The van der Waals surface area contributed by atoms with Gasteiger partial charge in [-0.25, -0.2) is 0 Å². The lowest BCUT2D eigenvalue weighted by Gasteiger charge is -2.14. The first-order chi connectivity index (χ1) is 8.13. The van der Waals surface area contributed by atoms with Gasteiger partial charge in [-0.3, -0.25) is 0 Å². The lowest BCUT2D eigenvalue weighted by atomic mass is 10.2. The maximum atomic E-state index is 5.95. The average Bonchev–Trinajstić information content (AvgIpc) is 3.06. The van der Waals surface area contributed by atoms with Crippen molar-refractivity contribution >= 4 is 23.2 Å². The first-order valence-corrected chi connectivity index (χ1v) is 6.81. The molecule has 0 amide bonds. The van der Waals surface area contributed by atoms with Gasteiger partial charge in [0.25, 0.3) is 0 Å². The van der Waals surface area contributed by atoms with Crippen LogP contribution in [0.3, 0.4) is 0 Å². The molecule has 0 radical (unpaired) electrons. The van der Waals surface area contributed by atoms with Crippen LogP contribution in [0.15, 0.2) is 18.2 Å². The van der Waals surface area contributed by atoms with Crippen LogP contribution in [0.25, 0.3) is 0 Å². The Bertz CT molecular complexity index is 357. The Balaban J connectivity index is 1.75. The number of hydrogen-bond donors (Lipinski definition) is 2. The van der Waals surface area contributed by atoms with E-state index in [9.17, 15) is 0 Å². The van der Waals surface area contributed by atoms with Gasteiger partial charge in [-0.2, -0.15) is 0 Å². The number of rotatable bonds is 6. The van der Waals surface area contributed by atoms with Gasteiger partial charge in [-0.1, -0.05) is 23.2 Å². The van der Waals surface area contributed by atoms with Crippen molar-refractivity contribution < 1.29 is 0 Å². The van der Waals surface area contributed by atoms with E-state index in [2.05, 4.69) is 17.6 Å². The van der Waals surface area contributed by atoms with Crippen molar-refractivity contribution in [1.29, 1.82) is 0 Å². The van der Waals surface area contributed by atoms with Crippen LogP contribution in [0.1, 0.15) is 25.3 Å². The van der Waals surface area contributed by atoms with Crippen molar-refractivity contribution in [3.8, 4) is 0 Å². The molecule has 4 heteroatoms. The highest BCUT2D eigenvalue weighted by Gasteiger charge is 2.20. The SMILES string of the molecule is CC(CNC1CC1)NCc1cc(Cl)cc(Cl)c1. The van der Waals surface area contributed by atoms with Crippen LogP contribution in [-0.4, -0.2) is 18.6 Å². The van der Waals surface area contributed by atoms with Gasteiger partial charge in [0.2, 0.25) is 0 Å². The van der Waals surface area contributed by atoms with E-state index in [1.807, 2.05) is 12.1 Å². The summed E-state index contributed by atoms with van der Waals surface area (Å²) in [6.45, 7) is 3.99. The van der Waals surface area contributed by atoms with Gasteiger partial charge in [-0.15, -0.1) is 0 Å². The van der Waals surface area contributed by atoms with Crippen molar-refractivity contribution in [2.75, 3.05) is 6.54 Å². The van der Waals surface area contributed by atoms with Gasteiger partial charge < -0.3 is 10.6 Å². The second-order valence-electron chi connectivity index (χ2n) is 4.74. The second-order valence-corrected chi connectivity index (χ2v) is 5.62. The molecule has 1 unspecified atom stereocenters. The van der Waals surface area contributed by atoms with E-state index in [1.165, 1.54) is 12.8 Å². The summed E-state index contributed by atoms with van der Waals surface area (Å²) in [4.78, 5) is 0. The predicted octanol–water partition coefficient (Wildman–Crippen LogP) is 3.22. The maximum absolute atomic E-state index is 5.95. The minimum atomic E-state index is 0.452. The number of halogens is 2. The summed E-state index contributed by atoms with van der Waals surface area (Å²) < 4.78 is 0. The monoisotopic (exact) mass is 272 g/mol. The summed E-state index contributed by atoms with van der Waals surface area (Å²) in [6, 6.07) is 6.86. The molecule has 0 heterocycles. The summed E-state index contributed by atoms with van der Waals surface area (Å²) >= 11 is 11.9. The Hall–Kier alpha value is -0.280. The van der Waals surface area contributed by atoms with Crippen LogP contribution in [0, 0.1) is 0 Å². The van der Waals surface area contributed by atoms with Gasteiger partial charge in [0.05, 0.1) is 0 Å². The Morgan fingerprint density at radius 2 is 1.88 bits per heavy atom. The summed E-state index contributed by atoms with van der Waals surface area (Å²) in [7, 11) is 0. The smallest absolute Gasteiger partial charge is 0.0424 e. The molecule has 1 aromatic carbocycles. The van der Waals surface area contributed by atoms with Crippen molar-refractivity contribution in [3.63, 3.8) is 0 Å². The molecule has 0 saturated heterocycles. The van der Waals surface area contributed by atoms with E-state index >= 15 is 0 Å². The van der Waals surface area contributed by atoms with Crippen LogP contribution in [0.2, 0.25) is 10.0 Å². The van der Waals surface area contributed by atoms with E-state index in [0.717, 1.165) is 24.7 Å². The molecule has 2 nitrogen and oxygen atoms in total. The Kier molecular flexibility index (Phi) is 4.69. The van der Waals surface area contributed by atoms with Crippen molar-refractivity contribution in [3.05, 3.63) is 33.8 Å². The van der Waals surface area contributed by atoms with Gasteiger partial charge in [0.1, 0.15) is 0 Å². The fourth-order valence-corrected chi connectivity index (χ4v) is 2.28. The fraction of sp³-hybridized carbons (Fsp3) is 0.538. The Labute approximate surface area is 113 Å². The fourth-order valence-electron chi connectivity index (χ4n) is 1.71. The Morgan fingerprint density at radius 3 is 2.47 bits per heavy atom. The van der Waals surface area contributed by atoms with E-state index < -0.39 is 0 Å². The Morgan fingerprint density at radius 1 is 1.24 bits per heavy atom. The zero-order chi connectivity index (χ0) is 12.3. The van der Waals surface area contributed by atoms with Gasteiger partial charge in [0, 0.05) is 35.2 Å². The van der Waals surface area contributed by atoms with Crippen molar-refractivity contribution in [2.45, 2.75) is 38.4 Å². The standard InChI is InChI=1S/C13H18Cl2N2/c1-9(7-17-13-2-3-13)16-8-10-4-11(14)6-12(15)5-10/h4-6,9,13,16-17H,2-3,7-8H2,1H3. The third-order valence-electron chi connectivity index (χ3n) is 2.87. The van der Waals surface area contributed by atoms with Crippen molar-refractivity contribution in [2.24, 2.45) is 0 Å². The molecule has 1 saturated carbocycles. The molecule has 1 aliphatic rings. The molecular weight excluding hydrogens is 255 g/mol. The molecule has 94 valence electrons. The number of benzene rings is 1. The van der Waals surface area contributed by atoms with Crippen LogP contribution in [-0.2, 0) is 6.54 Å².